The van der Waals surface area contributed by atoms with Gasteiger partial charge in [-0.25, -0.2) is 0 Å². The first kappa shape index (κ1) is 15.6. The largest absolute Gasteiger partial charge is 0.313 e. The van der Waals surface area contributed by atoms with Crippen LogP contribution in [0.25, 0.3) is 0 Å². The van der Waals surface area contributed by atoms with Gasteiger partial charge in [-0.05, 0) is 55.3 Å². The van der Waals surface area contributed by atoms with Crippen LogP contribution in [0.2, 0.25) is 0 Å². The molecule has 2 saturated carbocycles. The summed E-state index contributed by atoms with van der Waals surface area (Å²) in [5.74, 6) is 1.78. The minimum atomic E-state index is 0.254. The molecule has 2 aliphatic carbocycles. The lowest BCUT2D eigenvalue weighted by molar-refractivity contribution is 0.0982. The van der Waals surface area contributed by atoms with Crippen molar-refractivity contribution in [2.24, 2.45) is 5.92 Å². The molecule has 24 heavy (non-hydrogen) atoms. The highest BCUT2D eigenvalue weighted by molar-refractivity contribution is 5.96. The Bertz CT molecular complexity index is 705. The number of hydrogen-bond donors (Lipinski definition) is 1. The van der Waals surface area contributed by atoms with Crippen molar-refractivity contribution in [3.63, 3.8) is 0 Å². The van der Waals surface area contributed by atoms with Gasteiger partial charge in [-0.3, -0.25) is 4.79 Å². The highest BCUT2D eigenvalue weighted by Crippen LogP contribution is 2.41. The molecule has 0 radical (unpaired) electrons. The molecule has 0 spiro atoms. The van der Waals surface area contributed by atoms with E-state index in [1.807, 2.05) is 30.3 Å². The van der Waals surface area contributed by atoms with Crippen LogP contribution < -0.4 is 5.32 Å². The molecule has 4 rings (SSSR count). The minimum absolute atomic E-state index is 0.254. The van der Waals surface area contributed by atoms with Crippen LogP contribution in [0.1, 0.15) is 53.1 Å². The van der Waals surface area contributed by atoms with Crippen LogP contribution in [0.15, 0.2) is 54.6 Å². The van der Waals surface area contributed by atoms with Crippen molar-refractivity contribution in [2.45, 2.75) is 44.1 Å². The van der Waals surface area contributed by atoms with E-state index in [1.165, 1.54) is 36.9 Å². The standard InChI is InChI=1S/C22H25NO/c24-22(12-11-16-5-2-1-3-6-16)19-8-4-7-18(13-19)20-14-21(20)23-15-17-9-10-17/h1-8,13,17,20-21,23H,9-12,14-15H2. The zero-order chi connectivity index (χ0) is 16.4. The topological polar surface area (TPSA) is 29.1 Å². The van der Waals surface area contributed by atoms with Crippen LogP contribution in [0.3, 0.4) is 0 Å². The van der Waals surface area contributed by atoms with Crippen LogP contribution >= 0.6 is 0 Å². The summed E-state index contributed by atoms with van der Waals surface area (Å²) in [6.07, 6.45) is 5.42. The van der Waals surface area contributed by atoms with E-state index in [4.69, 9.17) is 0 Å². The van der Waals surface area contributed by atoms with Crippen LogP contribution in [0.5, 0.6) is 0 Å². The summed E-state index contributed by atoms with van der Waals surface area (Å²) in [5, 5.41) is 3.68. The van der Waals surface area contributed by atoms with Gasteiger partial charge in [0.2, 0.25) is 0 Å². The molecule has 1 N–H and O–H groups in total. The Balaban J connectivity index is 1.33. The van der Waals surface area contributed by atoms with E-state index >= 15 is 0 Å². The molecular weight excluding hydrogens is 294 g/mol. The summed E-state index contributed by atoms with van der Waals surface area (Å²) in [5.41, 5.74) is 3.43. The summed E-state index contributed by atoms with van der Waals surface area (Å²) in [7, 11) is 0. The normalized spacial score (nSPS) is 22.3. The third kappa shape index (κ3) is 3.93. The number of nitrogens with one attached hydrogen (secondary N) is 1. The van der Waals surface area contributed by atoms with E-state index in [0.29, 0.717) is 18.4 Å². The van der Waals surface area contributed by atoms with Gasteiger partial charge in [-0.2, -0.15) is 0 Å². The molecule has 124 valence electrons. The van der Waals surface area contributed by atoms with Gasteiger partial charge < -0.3 is 5.32 Å². The average Bonchev–Trinajstić information content (AvgIpc) is 3.53. The summed E-state index contributed by atoms with van der Waals surface area (Å²) >= 11 is 0. The molecule has 2 aromatic rings. The Morgan fingerprint density at radius 3 is 2.67 bits per heavy atom. The molecule has 0 aromatic heterocycles. The fraction of sp³-hybridized carbons (Fsp3) is 0.409. The van der Waals surface area contributed by atoms with Gasteiger partial charge in [0.25, 0.3) is 0 Å². The lowest BCUT2D eigenvalue weighted by Crippen LogP contribution is -2.20. The number of carbonyl (C=O) groups excluding carboxylic acids is 1. The third-order valence-electron chi connectivity index (χ3n) is 5.28. The van der Waals surface area contributed by atoms with E-state index in [0.717, 1.165) is 17.9 Å². The number of benzene rings is 2. The zero-order valence-corrected chi connectivity index (χ0v) is 14.1. The number of carbonyl (C=O) groups is 1. The van der Waals surface area contributed by atoms with Crippen molar-refractivity contribution >= 4 is 5.78 Å². The van der Waals surface area contributed by atoms with Crippen LogP contribution in [0, 0.1) is 5.92 Å². The number of ketones is 1. The second-order valence-electron chi connectivity index (χ2n) is 7.33. The van der Waals surface area contributed by atoms with Crippen molar-refractivity contribution in [3.05, 3.63) is 71.3 Å². The molecule has 2 aliphatic rings. The van der Waals surface area contributed by atoms with Gasteiger partial charge in [0, 0.05) is 23.9 Å². The molecule has 0 saturated heterocycles. The fourth-order valence-electron chi connectivity index (χ4n) is 3.42. The van der Waals surface area contributed by atoms with Crippen molar-refractivity contribution in [3.8, 4) is 0 Å². The second-order valence-corrected chi connectivity index (χ2v) is 7.33. The number of hydrogen-bond acceptors (Lipinski definition) is 2. The van der Waals surface area contributed by atoms with Crippen molar-refractivity contribution < 1.29 is 4.79 Å². The van der Waals surface area contributed by atoms with E-state index in [-0.39, 0.29) is 5.78 Å². The van der Waals surface area contributed by atoms with Crippen molar-refractivity contribution in [1.82, 2.24) is 5.32 Å². The summed E-state index contributed by atoms with van der Waals surface area (Å²) in [6, 6.07) is 19.2. The maximum absolute atomic E-state index is 12.5. The minimum Gasteiger partial charge on any atom is -0.313 e. The molecular formula is C22H25NO. The molecule has 0 amide bonds. The molecule has 2 unspecified atom stereocenters. The summed E-state index contributed by atoms with van der Waals surface area (Å²) in [6.45, 7) is 1.18. The maximum Gasteiger partial charge on any atom is 0.163 e. The summed E-state index contributed by atoms with van der Waals surface area (Å²) in [4.78, 5) is 12.5. The maximum atomic E-state index is 12.5. The third-order valence-corrected chi connectivity index (χ3v) is 5.28. The van der Waals surface area contributed by atoms with Crippen LogP contribution in [0.4, 0.5) is 0 Å². The smallest absolute Gasteiger partial charge is 0.163 e. The Morgan fingerprint density at radius 1 is 1.04 bits per heavy atom. The molecule has 2 atom stereocenters. The number of aryl methyl sites for hydroxylation is 1. The van der Waals surface area contributed by atoms with E-state index < -0.39 is 0 Å². The van der Waals surface area contributed by atoms with Crippen molar-refractivity contribution in [2.75, 3.05) is 6.54 Å². The molecule has 2 nitrogen and oxygen atoms in total. The van der Waals surface area contributed by atoms with Gasteiger partial charge >= 0.3 is 0 Å². The first-order valence-corrected chi connectivity index (χ1v) is 9.20. The Hall–Kier alpha value is -1.93. The van der Waals surface area contributed by atoms with Crippen LogP contribution in [-0.4, -0.2) is 18.4 Å². The Kier molecular flexibility index (Phi) is 4.48. The highest BCUT2D eigenvalue weighted by Gasteiger charge is 2.39. The average molecular weight is 319 g/mol. The van der Waals surface area contributed by atoms with E-state index in [2.05, 4.69) is 29.6 Å². The van der Waals surface area contributed by atoms with Gasteiger partial charge in [0.15, 0.2) is 5.78 Å². The SMILES string of the molecule is O=C(CCc1ccccc1)c1cccc(C2CC2NCC2CC2)c1. The zero-order valence-electron chi connectivity index (χ0n) is 14.1. The fourth-order valence-corrected chi connectivity index (χ4v) is 3.42. The quantitative estimate of drug-likeness (QED) is 0.733. The molecule has 2 aromatic carbocycles. The lowest BCUT2D eigenvalue weighted by Gasteiger charge is -2.06. The molecule has 0 bridgehead atoms. The Morgan fingerprint density at radius 2 is 1.88 bits per heavy atom. The predicted molar refractivity (Wildman–Crippen MR) is 97.4 cm³/mol. The van der Waals surface area contributed by atoms with Crippen molar-refractivity contribution in [1.29, 1.82) is 0 Å². The van der Waals surface area contributed by atoms with Gasteiger partial charge in [-0.1, -0.05) is 48.5 Å². The molecule has 2 heteroatoms. The number of Topliss-reactive ketones (excluding diaryl/α,β-unsaturated/α-hetero) is 1. The second kappa shape index (κ2) is 6.90. The highest BCUT2D eigenvalue weighted by atomic mass is 16.1. The molecule has 0 heterocycles. The molecule has 0 aliphatic heterocycles. The molecule has 2 fully saturated rings. The van der Waals surface area contributed by atoms with E-state index in [9.17, 15) is 4.79 Å². The summed E-state index contributed by atoms with van der Waals surface area (Å²) < 4.78 is 0. The monoisotopic (exact) mass is 319 g/mol. The van der Waals surface area contributed by atoms with Gasteiger partial charge in [-0.15, -0.1) is 0 Å². The Labute approximate surface area is 144 Å². The number of rotatable bonds is 8. The lowest BCUT2D eigenvalue weighted by atomic mass is 10.00. The van der Waals surface area contributed by atoms with Gasteiger partial charge in [0.1, 0.15) is 0 Å². The predicted octanol–water partition coefficient (Wildman–Crippen LogP) is 4.36. The first-order chi connectivity index (χ1) is 11.8. The first-order valence-electron chi connectivity index (χ1n) is 9.20. The van der Waals surface area contributed by atoms with Gasteiger partial charge in [0.05, 0.1) is 0 Å². The van der Waals surface area contributed by atoms with Crippen LogP contribution in [-0.2, 0) is 6.42 Å². The van der Waals surface area contributed by atoms with E-state index in [1.54, 1.807) is 0 Å².